The predicted molar refractivity (Wildman–Crippen MR) is 63.3 cm³/mol. The molecule has 1 aromatic heterocycles. The second-order valence-corrected chi connectivity index (χ2v) is 5.06. The van der Waals surface area contributed by atoms with Crippen LogP contribution in [0, 0.1) is 6.92 Å². The van der Waals surface area contributed by atoms with Crippen LogP contribution in [-0.4, -0.2) is 10.9 Å². The van der Waals surface area contributed by atoms with Crippen molar-refractivity contribution >= 4 is 22.7 Å². The van der Waals surface area contributed by atoms with Gasteiger partial charge in [-0.1, -0.05) is 0 Å². The lowest BCUT2D eigenvalue weighted by atomic mass is 10.1. The number of phenolic OH excluding ortho intramolecular Hbond substituents is 1. The third kappa shape index (κ3) is 1.26. The largest absolute Gasteiger partial charge is 0.507 e. The summed E-state index contributed by atoms with van der Waals surface area (Å²) in [5.41, 5.74) is 2.03. The fourth-order valence-electron chi connectivity index (χ4n) is 2.14. The van der Waals surface area contributed by atoms with E-state index in [1.165, 1.54) is 11.8 Å². The van der Waals surface area contributed by atoms with E-state index in [-0.39, 0.29) is 11.4 Å². The van der Waals surface area contributed by atoms with Crippen LogP contribution in [0.3, 0.4) is 0 Å². The van der Waals surface area contributed by atoms with Crippen molar-refractivity contribution < 1.29 is 9.52 Å². The quantitative estimate of drug-likeness (QED) is 0.711. The standard InChI is InChI=1S/C12H10O3S/c1-6-4-8(13)10-7-2-3-16-11(7)12(14)15-9(10)5-6/h4-5,13H,2-3H2,1H3. The van der Waals surface area contributed by atoms with Gasteiger partial charge in [0.2, 0.25) is 0 Å². The van der Waals surface area contributed by atoms with Gasteiger partial charge in [0.15, 0.2) is 0 Å². The Hall–Kier alpha value is -1.42. The fourth-order valence-corrected chi connectivity index (χ4v) is 3.19. The molecule has 3 rings (SSSR count). The van der Waals surface area contributed by atoms with Gasteiger partial charge in [0.05, 0.1) is 10.3 Å². The first kappa shape index (κ1) is 9.78. The Kier molecular flexibility index (Phi) is 2.01. The number of hydrogen-bond acceptors (Lipinski definition) is 4. The highest BCUT2D eigenvalue weighted by Crippen LogP contribution is 2.37. The van der Waals surface area contributed by atoms with Gasteiger partial charge < -0.3 is 9.52 Å². The van der Waals surface area contributed by atoms with Crippen LogP contribution in [0.5, 0.6) is 5.75 Å². The van der Waals surface area contributed by atoms with Crippen LogP contribution in [0.4, 0.5) is 0 Å². The zero-order valence-electron chi connectivity index (χ0n) is 8.74. The Morgan fingerprint density at radius 3 is 3.06 bits per heavy atom. The normalized spacial score (nSPS) is 14.3. The SMILES string of the molecule is Cc1cc(O)c2c3c(c(=O)oc2c1)SCC3. The smallest absolute Gasteiger partial charge is 0.350 e. The number of fused-ring (bicyclic) bond motifs is 3. The van der Waals surface area contributed by atoms with Crippen molar-refractivity contribution in [1.29, 1.82) is 0 Å². The topological polar surface area (TPSA) is 50.4 Å². The van der Waals surface area contributed by atoms with Crippen LogP contribution >= 0.6 is 11.8 Å². The molecule has 2 aromatic rings. The zero-order valence-corrected chi connectivity index (χ0v) is 9.56. The van der Waals surface area contributed by atoms with E-state index in [0.717, 1.165) is 23.3 Å². The molecule has 0 unspecified atom stereocenters. The number of aryl methyl sites for hydroxylation is 2. The first-order valence-corrected chi connectivity index (χ1v) is 6.07. The predicted octanol–water partition coefficient (Wildman–Crippen LogP) is 2.46. The van der Waals surface area contributed by atoms with Crippen LogP contribution in [0.1, 0.15) is 11.1 Å². The van der Waals surface area contributed by atoms with Gasteiger partial charge in [-0.2, -0.15) is 0 Å². The molecule has 0 aliphatic carbocycles. The summed E-state index contributed by atoms with van der Waals surface area (Å²) in [5.74, 6) is 1.09. The van der Waals surface area contributed by atoms with Crippen molar-refractivity contribution in [3.8, 4) is 5.75 Å². The van der Waals surface area contributed by atoms with Crippen LogP contribution in [0.15, 0.2) is 26.2 Å². The highest BCUT2D eigenvalue weighted by Gasteiger charge is 2.22. The van der Waals surface area contributed by atoms with E-state index in [2.05, 4.69) is 0 Å². The van der Waals surface area contributed by atoms with E-state index >= 15 is 0 Å². The number of rotatable bonds is 0. The monoisotopic (exact) mass is 234 g/mol. The highest BCUT2D eigenvalue weighted by molar-refractivity contribution is 7.99. The molecule has 16 heavy (non-hydrogen) atoms. The maximum absolute atomic E-state index is 11.7. The number of phenols is 1. The average Bonchev–Trinajstić information content (AvgIpc) is 2.65. The van der Waals surface area contributed by atoms with Crippen molar-refractivity contribution in [2.24, 2.45) is 0 Å². The van der Waals surface area contributed by atoms with E-state index in [0.29, 0.717) is 15.9 Å². The lowest BCUT2D eigenvalue weighted by Crippen LogP contribution is -2.03. The van der Waals surface area contributed by atoms with Gasteiger partial charge in [-0.15, -0.1) is 11.8 Å². The molecule has 0 spiro atoms. The average molecular weight is 234 g/mol. The van der Waals surface area contributed by atoms with E-state index in [1.54, 1.807) is 12.1 Å². The highest BCUT2D eigenvalue weighted by atomic mass is 32.2. The van der Waals surface area contributed by atoms with Crippen molar-refractivity contribution in [3.63, 3.8) is 0 Å². The maximum Gasteiger partial charge on any atom is 0.350 e. The van der Waals surface area contributed by atoms with Crippen LogP contribution in [0.2, 0.25) is 0 Å². The maximum atomic E-state index is 11.7. The van der Waals surface area contributed by atoms with E-state index in [1.807, 2.05) is 6.92 Å². The molecule has 1 aliphatic rings. The summed E-state index contributed by atoms with van der Waals surface area (Å²) in [6.45, 7) is 1.86. The lowest BCUT2D eigenvalue weighted by Gasteiger charge is -2.06. The minimum absolute atomic E-state index is 0.206. The summed E-state index contributed by atoms with van der Waals surface area (Å²) in [7, 11) is 0. The third-order valence-electron chi connectivity index (χ3n) is 2.79. The van der Waals surface area contributed by atoms with Crippen molar-refractivity contribution in [1.82, 2.24) is 0 Å². The van der Waals surface area contributed by atoms with Gasteiger partial charge in [-0.3, -0.25) is 0 Å². The van der Waals surface area contributed by atoms with Gasteiger partial charge in [0.1, 0.15) is 11.3 Å². The van der Waals surface area contributed by atoms with Crippen molar-refractivity contribution in [3.05, 3.63) is 33.7 Å². The van der Waals surface area contributed by atoms with E-state index in [9.17, 15) is 9.90 Å². The first-order valence-electron chi connectivity index (χ1n) is 5.09. The zero-order chi connectivity index (χ0) is 11.3. The van der Waals surface area contributed by atoms with Crippen LogP contribution in [-0.2, 0) is 6.42 Å². The van der Waals surface area contributed by atoms with Crippen LogP contribution in [0.25, 0.3) is 11.0 Å². The first-order chi connectivity index (χ1) is 7.66. The number of aromatic hydroxyl groups is 1. The molecule has 1 aliphatic heterocycles. The molecule has 1 aromatic carbocycles. The molecule has 2 heterocycles. The molecule has 0 saturated heterocycles. The second-order valence-electron chi connectivity index (χ2n) is 3.95. The van der Waals surface area contributed by atoms with Gasteiger partial charge >= 0.3 is 5.63 Å². The number of benzene rings is 1. The van der Waals surface area contributed by atoms with E-state index in [4.69, 9.17) is 4.42 Å². The summed E-state index contributed by atoms with van der Waals surface area (Å²) in [6.07, 6.45) is 0.818. The van der Waals surface area contributed by atoms with Gasteiger partial charge in [0, 0.05) is 5.75 Å². The summed E-state index contributed by atoms with van der Waals surface area (Å²) in [4.78, 5) is 12.3. The minimum Gasteiger partial charge on any atom is -0.507 e. The van der Waals surface area contributed by atoms with Gasteiger partial charge in [-0.05, 0) is 36.6 Å². The molecule has 0 amide bonds. The summed E-state index contributed by atoms with van der Waals surface area (Å²) in [6, 6.07) is 3.49. The van der Waals surface area contributed by atoms with Crippen molar-refractivity contribution in [2.75, 3.05) is 5.75 Å². The van der Waals surface area contributed by atoms with E-state index < -0.39 is 0 Å². The molecule has 0 radical (unpaired) electrons. The molecule has 82 valence electrons. The Morgan fingerprint density at radius 1 is 1.44 bits per heavy atom. The summed E-state index contributed by atoms with van der Waals surface area (Å²) >= 11 is 1.50. The van der Waals surface area contributed by atoms with Crippen molar-refractivity contribution in [2.45, 2.75) is 18.2 Å². The Labute approximate surface area is 96.1 Å². The summed E-state index contributed by atoms with van der Waals surface area (Å²) in [5, 5.41) is 10.6. The molecule has 4 heteroatoms. The molecule has 0 saturated carbocycles. The number of hydrogen-bond donors (Lipinski definition) is 1. The molecule has 0 fully saturated rings. The van der Waals surface area contributed by atoms with Gasteiger partial charge in [0.25, 0.3) is 0 Å². The Balaban J connectivity index is 2.53. The fraction of sp³-hybridized carbons (Fsp3) is 0.250. The molecule has 3 nitrogen and oxygen atoms in total. The molecule has 0 bridgehead atoms. The molecule has 0 atom stereocenters. The Bertz CT molecular complexity index is 643. The lowest BCUT2D eigenvalue weighted by molar-refractivity contribution is 0.476. The molecule has 1 N–H and O–H groups in total. The second kappa shape index (κ2) is 3.28. The minimum atomic E-state index is -0.282. The van der Waals surface area contributed by atoms with Gasteiger partial charge in [-0.25, -0.2) is 4.79 Å². The molecular formula is C12H10O3S. The summed E-state index contributed by atoms with van der Waals surface area (Å²) < 4.78 is 5.23. The molecular weight excluding hydrogens is 224 g/mol. The Morgan fingerprint density at radius 2 is 2.25 bits per heavy atom. The van der Waals surface area contributed by atoms with Crippen LogP contribution < -0.4 is 5.63 Å². The number of thioether (sulfide) groups is 1. The third-order valence-corrected chi connectivity index (χ3v) is 3.90.